The molecule has 22 heavy (non-hydrogen) atoms. The molecule has 5 nitrogen and oxygen atoms in total. The smallest absolute Gasteiger partial charge is 0.240 e. The van der Waals surface area contributed by atoms with Crippen LogP contribution in [0.4, 0.5) is 10.2 Å². The summed E-state index contributed by atoms with van der Waals surface area (Å²) in [5.41, 5.74) is 5.87. The van der Waals surface area contributed by atoms with Gasteiger partial charge in [-0.25, -0.2) is 9.97 Å². The quantitative estimate of drug-likeness (QED) is 0.842. The highest BCUT2D eigenvalue weighted by Gasteiger charge is 2.18. The van der Waals surface area contributed by atoms with Gasteiger partial charge in [-0.05, 0) is 22.0 Å². The van der Waals surface area contributed by atoms with Crippen LogP contribution in [0.2, 0.25) is 5.02 Å². The molecule has 1 heterocycles. The largest absolute Gasteiger partial charge is 0.493 e. The molecule has 0 aliphatic carbocycles. The Morgan fingerprint density at radius 3 is 2.23 bits per heavy atom. The van der Waals surface area contributed by atoms with Crippen LogP contribution in [0.15, 0.2) is 16.7 Å². The second kappa shape index (κ2) is 8.14. The Morgan fingerprint density at radius 2 is 1.68 bits per heavy atom. The van der Waals surface area contributed by atoms with E-state index in [4.69, 9.17) is 26.8 Å². The molecule has 0 amide bonds. The minimum absolute atomic E-state index is 0.0587. The summed E-state index contributed by atoms with van der Waals surface area (Å²) in [4.78, 5) is 7.57. The number of methoxy groups -OCH3 is 2. The van der Waals surface area contributed by atoms with E-state index in [0.29, 0.717) is 17.1 Å². The number of rotatable bonds is 3. The zero-order valence-corrected chi connectivity index (χ0v) is 14.9. The van der Waals surface area contributed by atoms with Crippen molar-refractivity contribution >= 4 is 33.3 Å². The second-order valence-corrected chi connectivity index (χ2v) is 4.88. The minimum Gasteiger partial charge on any atom is -0.493 e. The molecule has 0 aliphatic heterocycles. The van der Waals surface area contributed by atoms with Crippen molar-refractivity contribution in [3.63, 3.8) is 0 Å². The Kier molecular flexibility index (Phi) is 6.83. The lowest BCUT2D eigenvalue weighted by molar-refractivity contribution is 0.355. The van der Waals surface area contributed by atoms with E-state index in [9.17, 15) is 4.39 Å². The fourth-order valence-electron chi connectivity index (χ4n) is 1.62. The molecule has 1 aromatic heterocycles. The normalized spacial score (nSPS) is 9.77. The molecule has 0 saturated heterocycles. The summed E-state index contributed by atoms with van der Waals surface area (Å²) < 4.78 is 24.3. The Hall–Kier alpha value is -1.60. The summed E-state index contributed by atoms with van der Waals surface area (Å²) in [5.74, 6) is 0.0988. The highest BCUT2D eigenvalue weighted by molar-refractivity contribution is 9.10. The van der Waals surface area contributed by atoms with Gasteiger partial charge in [0.2, 0.25) is 5.95 Å². The Balaban J connectivity index is 0.00000116. The van der Waals surface area contributed by atoms with Crippen molar-refractivity contribution < 1.29 is 13.9 Å². The van der Waals surface area contributed by atoms with E-state index in [1.807, 2.05) is 13.8 Å². The number of nitrogens with zero attached hydrogens (tertiary/aromatic N) is 2. The van der Waals surface area contributed by atoms with Crippen LogP contribution in [0.25, 0.3) is 11.3 Å². The van der Waals surface area contributed by atoms with Crippen molar-refractivity contribution in [2.24, 2.45) is 0 Å². The van der Waals surface area contributed by atoms with E-state index in [-0.39, 0.29) is 21.1 Å². The summed E-state index contributed by atoms with van der Waals surface area (Å²) in [6, 6.07) is 3.02. The van der Waals surface area contributed by atoms with Crippen LogP contribution in [0.5, 0.6) is 11.5 Å². The van der Waals surface area contributed by atoms with Crippen LogP contribution in [-0.2, 0) is 0 Å². The van der Waals surface area contributed by atoms with Crippen LogP contribution in [0.3, 0.4) is 0 Å². The molecule has 120 valence electrons. The molecule has 0 fully saturated rings. The molecule has 0 saturated carbocycles. The first-order valence-corrected chi connectivity index (χ1v) is 7.55. The van der Waals surface area contributed by atoms with Gasteiger partial charge in [-0.1, -0.05) is 25.4 Å². The molecule has 1 aromatic carbocycles. The number of halogens is 3. The van der Waals surface area contributed by atoms with Crippen molar-refractivity contribution in [2.75, 3.05) is 20.0 Å². The van der Waals surface area contributed by atoms with Crippen LogP contribution in [-0.4, -0.2) is 24.2 Å². The molecule has 0 radical (unpaired) electrons. The lowest BCUT2D eigenvalue weighted by Crippen LogP contribution is -2.02. The zero-order valence-electron chi connectivity index (χ0n) is 12.6. The summed E-state index contributed by atoms with van der Waals surface area (Å²) >= 11 is 9.12. The lowest BCUT2D eigenvalue weighted by atomic mass is 10.1. The van der Waals surface area contributed by atoms with E-state index >= 15 is 0 Å². The fourth-order valence-corrected chi connectivity index (χ4v) is 2.10. The van der Waals surface area contributed by atoms with Gasteiger partial charge in [-0.15, -0.1) is 0 Å². The fraction of sp³-hybridized carbons (Fsp3) is 0.286. The first-order valence-electron chi connectivity index (χ1n) is 6.38. The minimum atomic E-state index is -0.791. The van der Waals surface area contributed by atoms with E-state index in [1.165, 1.54) is 26.4 Å². The maximum Gasteiger partial charge on any atom is 0.240 e. The molecule has 0 aliphatic rings. The van der Waals surface area contributed by atoms with E-state index in [2.05, 4.69) is 25.9 Å². The first kappa shape index (κ1) is 18.4. The molecule has 0 bridgehead atoms. The molecule has 2 N–H and O–H groups in total. The average Bonchev–Trinajstić information content (AvgIpc) is 2.53. The summed E-state index contributed by atoms with van der Waals surface area (Å²) in [5, 5.41) is 0.248. The van der Waals surface area contributed by atoms with Gasteiger partial charge in [0.25, 0.3) is 0 Å². The van der Waals surface area contributed by atoms with E-state index in [0.717, 1.165) is 0 Å². The maximum atomic E-state index is 13.9. The van der Waals surface area contributed by atoms with Crippen molar-refractivity contribution in [1.82, 2.24) is 9.97 Å². The Morgan fingerprint density at radius 1 is 1.14 bits per heavy atom. The molecule has 8 heteroatoms. The monoisotopic (exact) mass is 391 g/mol. The number of anilines is 1. The third-order valence-corrected chi connectivity index (χ3v) is 3.46. The van der Waals surface area contributed by atoms with Gasteiger partial charge in [0, 0.05) is 11.6 Å². The predicted molar refractivity (Wildman–Crippen MR) is 89.0 cm³/mol. The Bertz CT molecular complexity index is 671. The van der Waals surface area contributed by atoms with Gasteiger partial charge in [0.15, 0.2) is 21.9 Å². The molecule has 0 unspecified atom stereocenters. The molecule has 2 aromatic rings. The maximum absolute atomic E-state index is 13.9. The number of hydrogen-bond donors (Lipinski definition) is 1. The van der Waals surface area contributed by atoms with Crippen LogP contribution < -0.4 is 15.2 Å². The standard InChI is InChI=1S/C12H10BrClFN3O2.C2H6/c1-19-7-3-5(6(14)4-8(7)20-2)9-11(15)18-10(13)12(16)17-9;1-2/h3-4H,1-2H3,(H2,16,17);1-2H3. The molecular weight excluding hydrogens is 377 g/mol. The van der Waals surface area contributed by atoms with E-state index in [1.54, 1.807) is 0 Å². The number of nitrogens with two attached hydrogens (primary N) is 1. The van der Waals surface area contributed by atoms with Crippen LogP contribution >= 0.6 is 27.5 Å². The van der Waals surface area contributed by atoms with Gasteiger partial charge in [0.05, 0.1) is 19.2 Å². The van der Waals surface area contributed by atoms with Crippen LogP contribution in [0, 0.1) is 5.95 Å². The van der Waals surface area contributed by atoms with Crippen molar-refractivity contribution in [3.8, 4) is 22.8 Å². The molecule has 0 spiro atoms. The zero-order chi connectivity index (χ0) is 16.9. The summed E-state index contributed by atoms with van der Waals surface area (Å²) in [6.45, 7) is 4.00. The highest BCUT2D eigenvalue weighted by Crippen LogP contribution is 2.38. The van der Waals surface area contributed by atoms with Crippen molar-refractivity contribution in [1.29, 1.82) is 0 Å². The number of benzene rings is 1. The van der Waals surface area contributed by atoms with Crippen molar-refractivity contribution in [3.05, 3.63) is 27.7 Å². The third-order valence-electron chi connectivity index (χ3n) is 2.56. The second-order valence-electron chi connectivity index (χ2n) is 3.73. The average molecular weight is 393 g/mol. The van der Waals surface area contributed by atoms with Gasteiger partial charge in [-0.2, -0.15) is 4.39 Å². The molecule has 2 rings (SSSR count). The first-order chi connectivity index (χ1) is 10.5. The molecular formula is C14H16BrClFN3O2. The Labute approximate surface area is 141 Å². The van der Waals surface area contributed by atoms with E-state index < -0.39 is 5.95 Å². The SMILES string of the molecule is CC.COc1cc(Cl)c(-c2nc(N)c(Br)nc2F)cc1OC. The lowest BCUT2D eigenvalue weighted by Gasteiger charge is -2.12. The number of aromatic nitrogens is 2. The molecule has 0 atom stereocenters. The topological polar surface area (TPSA) is 70.3 Å². The van der Waals surface area contributed by atoms with Gasteiger partial charge in [0.1, 0.15) is 5.69 Å². The van der Waals surface area contributed by atoms with Gasteiger partial charge in [-0.3, -0.25) is 0 Å². The van der Waals surface area contributed by atoms with Crippen molar-refractivity contribution in [2.45, 2.75) is 13.8 Å². The van der Waals surface area contributed by atoms with Gasteiger partial charge < -0.3 is 15.2 Å². The number of nitrogen functional groups attached to an aromatic ring is 1. The summed E-state index contributed by atoms with van der Waals surface area (Å²) in [6.07, 6.45) is 0. The number of ether oxygens (including phenoxy) is 2. The highest BCUT2D eigenvalue weighted by atomic mass is 79.9. The van der Waals surface area contributed by atoms with Gasteiger partial charge >= 0.3 is 0 Å². The summed E-state index contributed by atoms with van der Waals surface area (Å²) in [7, 11) is 2.94. The van der Waals surface area contributed by atoms with Crippen LogP contribution in [0.1, 0.15) is 13.8 Å². The third kappa shape index (κ3) is 3.78. The predicted octanol–water partition coefficient (Wildman–Crippen LogP) is 4.32. The number of hydrogen-bond acceptors (Lipinski definition) is 5.